The fraction of sp³-hybridized carbons (Fsp3) is 1.00. The fourth-order valence-electron chi connectivity index (χ4n) is 3.55. The number of aliphatic hydroxyl groups excluding tert-OH is 3. The molecule has 3 aliphatic heterocycles. The third-order valence-electron chi connectivity index (χ3n) is 5.91. The van der Waals surface area contributed by atoms with E-state index < -0.39 is 0 Å². The third kappa shape index (κ3) is 36.5. The zero-order valence-electron chi connectivity index (χ0n) is 25.2. The van der Waals surface area contributed by atoms with Crippen molar-refractivity contribution in [2.45, 2.75) is 102 Å². The number of nitrogens with one attached hydrogen (secondary N) is 1. The number of halogens is 1. The molecule has 0 aromatic carbocycles. The molecule has 0 aliphatic carbocycles. The molecule has 0 unspecified atom stereocenters. The Morgan fingerprint density at radius 1 is 0.595 bits per heavy atom. The molecule has 0 spiro atoms. The first-order valence-electron chi connectivity index (χ1n) is 14.5. The zero-order chi connectivity index (χ0) is 27.9. The zero-order valence-corrected chi connectivity index (χ0v) is 27.3. The maximum Gasteiger partial charge on any atom is 0.0460 e. The summed E-state index contributed by atoms with van der Waals surface area (Å²) in [6.45, 7) is 22.1. The van der Waals surface area contributed by atoms with Crippen molar-refractivity contribution in [3.8, 4) is 0 Å². The van der Waals surface area contributed by atoms with Gasteiger partial charge in [0.2, 0.25) is 0 Å². The second-order valence-corrected chi connectivity index (χ2v) is 10.0. The first-order valence-corrected chi connectivity index (χ1v) is 16.0. The number of alkyl halides is 1. The van der Waals surface area contributed by atoms with Gasteiger partial charge in [-0.1, -0.05) is 85.9 Å². The van der Waals surface area contributed by atoms with E-state index in [2.05, 4.69) is 58.7 Å². The molecule has 4 N–H and O–H groups in total. The summed E-state index contributed by atoms with van der Waals surface area (Å²) in [6.07, 6.45) is 6.99. The van der Waals surface area contributed by atoms with Gasteiger partial charge in [-0.15, -0.1) is 0 Å². The smallest absolute Gasteiger partial charge is 0.0460 e. The lowest BCUT2D eigenvalue weighted by molar-refractivity contribution is 0.148. The number of hydrogen-bond donors (Lipinski definition) is 4. The number of rotatable bonds is 3. The number of aliphatic hydroxyl groups is 3. The molecule has 0 amide bonds. The van der Waals surface area contributed by atoms with Crippen molar-refractivity contribution in [2.75, 3.05) is 77.6 Å². The maximum atomic E-state index is 8.76. The summed E-state index contributed by atoms with van der Waals surface area (Å²) in [5.41, 5.74) is 0. The van der Waals surface area contributed by atoms with Crippen LogP contribution in [0.15, 0.2) is 0 Å². The van der Waals surface area contributed by atoms with E-state index in [1.165, 1.54) is 30.1 Å². The van der Waals surface area contributed by atoms with Crippen molar-refractivity contribution < 1.29 is 15.3 Å². The minimum Gasteiger partial charge on any atom is -0.396 e. The molecule has 0 aromatic heterocycles. The third-order valence-corrected chi connectivity index (χ3v) is 5.91. The SMILES string of the molecule is C.C.CC.CC.CC.CCI.CN1CCC(CO)CC1.CN1CCC(CO)CC1.OCC1CCNCC1. The molecule has 3 fully saturated rings. The van der Waals surface area contributed by atoms with Gasteiger partial charge in [-0.2, -0.15) is 0 Å². The van der Waals surface area contributed by atoms with Gasteiger partial charge in [-0.3, -0.25) is 0 Å². The van der Waals surface area contributed by atoms with Gasteiger partial charge in [-0.05, 0) is 114 Å². The Kier molecular flexibility index (Phi) is 59.2. The highest BCUT2D eigenvalue weighted by Crippen LogP contribution is 2.14. The predicted molar refractivity (Wildman–Crippen MR) is 179 cm³/mol. The van der Waals surface area contributed by atoms with Gasteiger partial charge < -0.3 is 30.4 Å². The summed E-state index contributed by atoms with van der Waals surface area (Å²) in [4.78, 5) is 4.62. The van der Waals surface area contributed by atoms with Crippen LogP contribution in [0.1, 0.15) is 102 Å². The molecule has 3 heterocycles. The lowest BCUT2D eigenvalue weighted by atomic mass is 9.98. The van der Waals surface area contributed by atoms with E-state index in [4.69, 9.17) is 15.3 Å². The van der Waals surface area contributed by atoms with Crippen LogP contribution in [-0.4, -0.2) is 103 Å². The highest BCUT2D eigenvalue weighted by molar-refractivity contribution is 14.1. The van der Waals surface area contributed by atoms with E-state index in [9.17, 15) is 0 Å². The molecular formula is C30H74IN3O3. The normalized spacial score (nSPS) is 18.1. The average molecular weight is 652 g/mol. The van der Waals surface area contributed by atoms with E-state index in [0.717, 1.165) is 52.1 Å². The molecule has 3 aliphatic rings. The molecule has 0 saturated carbocycles. The van der Waals surface area contributed by atoms with Crippen LogP contribution in [0.5, 0.6) is 0 Å². The summed E-state index contributed by atoms with van der Waals surface area (Å²) in [5, 5.41) is 29.4. The molecule has 6 nitrogen and oxygen atoms in total. The number of likely N-dealkylation sites (tertiary alicyclic amines) is 2. The lowest BCUT2D eigenvalue weighted by Crippen LogP contribution is -2.31. The Hall–Kier alpha value is 0.490. The Morgan fingerprint density at radius 3 is 1.00 bits per heavy atom. The van der Waals surface area contributed by atoms with Crippen molar-refractivity contribution in [2.24, 2.45) is 17.8 Å². The lowest BCUT2D eigenvalue weighted by Gasteiger charge is -2.27. The average Bonchev–Trinajstić information content (AvgIpc) is 2.94. The standard InChI is InChI=1S/2C7H15NO.C6H13NO.C2H5I.3C2H6.2CH4/c2*1-8-4-2-7(6-9)3-5-8;8-5-6-1-3-7-4-2-6;1-2-3;3*1-2;;/h2*7,9H,2-6H2,1H3;6-8H,1-5H2;2H2,1H3;3*1-2H3;2*1H4. The molecule has 0 atom stereocenters. The Bertz CT molecular complexity index is 312. The van der Waals surface area contributed by atoms with E-state index in [-0.39, 0.29) is 14.9 Å². The van der Waals surface area contributed by atoms with Crippen LogP contribution in [0.3, 0.4) is 0 Å². The van der Waals surface area contributed by atoms with Crippen LogP contribution in [0, 0.1) is 17.8 Å². The maximum absolute atomic E-state index is 8.76. The Balaban J connectivity index is -0.0000000824. The van der Waals surface area contributed by atoms with Crippen LogP contribution in [0.2, 0.25) is 0 Å². The molecule has 234 valence electrons. The molecule has 0 aromatic rings. The Morgan fingerprint density at radius 2 is 0.811 bits per heavy atom. The molecule has 0 bridgehead atoms. The van der Waals surface area contributed by atoms with Crippen molar-refractivity contribution in [3.63, 3.8) is 0 Å². The molecular weight excluding hydrogens is 577 g/mol. The van der Waals surface area contributed by atoms with Crippen molar-refractivity contribution >= 4 is 22.6 Å². The van der Waals surface area contributed by atoms with Gasteiger partial charge in [-0.25, -0.2) is 0 Å². The second-order valence-electron chi connectivity index (χ2n) is 8.50. The largest absolute Gasteiger partial charge is 0.396 e. The monoisotopic (exact) mass is 651 g/mol. The summed E-state index contributed by atoms with van der Waals surface area (Å²) in [5.74, 6) is 1.75. The fourth-order valence-corrected chi connectivity index (χ4v) is 3.55. The quantitative estimate of drug-likeness (QED) is 0.209. The highest BCUT2D eigenvalue weighted by atomic mass is 127. The van der Waals surface area contributed by atoms with Gasteiger partial charge in [0.25, 0.3) is 0 Å². The minimum atomic E-state index is 0. The summed E-state index contributed by atoms with van der Waals surface area (Å²) in [7, 11) is 4.27. The molecule has 3 rings (SSSR count). The molecule has 0 radical (unpaired) electrons. The van der Waals surface area contributed by atoms with Crippen LogP contribution < -0.4 is 5.32 Å². The minimum absolute atomic E-state index is 0. The first kappa shape index (κ1) is 50.3. The summed E-state index contributed by atoms with van der Waals surface area (Å²) >= 11 is 2.29. The van der Waals surface area contributed by atoms with Crippen molar-refractivity contribution in [3.05, 3.63) is 0 Å². The summed E-state index contributed by atoms with van der Waals surface area (Å²) < 4.78 is 1.22. The predicted octanol–water partition coefficient (Wildman–Crippen LogP) is 6.41. The van der Waals surface area contributed by atoms with Crippen LogP contribution in [0.25, 0.3) is 0 Å². The topological polar surface area (TPSA) is 79.2 Å². The molecule has 7 heteroatoms. The van der Waals surface area contributed by atoms with Crippen LogP contribution >= 0.6 is 22.6 Å². The van der Waals surface area contributed by atoms with Crippen LogP contribution in [-0.2, 0) is 0 Å². The van der Waals surface area contributed by atoms with Crippen LogP contribution in [0.4, 0.5) is 0 Å². The second kappa shape index (κ2) is 43.5. The van der Waals surface area contributed by atoms with E-state index in [1.807, 2.05) is 41.5 Å². The summed E-state index contributed by atoms with van der Waals surface area (Å²) in [6, 6.07) is 0. The van der Waals surface area contributed by atoms with Crippen molar-refractivity contribution in [1.82, 2.24) is 15.1 Å². The number of nitrogens with zero attached hydrogens (tertiary/aromatic N) is 2. The highest BCUT2D eigenvalue weighted by Gasteiger charge is 2.15. The van der Waals surface area contributed by atoms with Gasteiger partial charge in [0.05, 0.1) is 0 Å². The van der Waals surface area contributed by atoms with Gasteiger partial charge in [0.15, 0.2) is 0 Å². The molecule has 37 heavy (non-hydrogen) atoms. The van der Waals surface area contributed by atoms with E-state index in [0.29, 0.717) is 37.6 Å². The number of piperidine rings is 3. The first-order chi connectivity index (χ1) is 17.0. The molecule has 3 saturated heterocycles. The van der Waals surface area contributed by atoms with Gasteiger partial charge in [0.1, 0.15) is 0 Å². The van der Waals surface area contributed by atoms with E-state index >= 15 is 0 Å². The number of hydrogen-bond acceptors (Lipinski definition) is 6. The van der Waals surface area contributed by atoms with E-state index in [1.54, 1.807) is 0 Å². The van der Waals surface area contributed by atoms with Gasteiger partial charge in [0, 0.05) is 19.8 Å². The van der Waals surface area contributed by atoms with Gasteiger partial charge >= 0.3 is 0 Å². The van der Waals surface area contributed by atoms with Crippen molar-refractivity contribution in [1.29, 1.82) is 0 Å². The Labute approximate surface area is 249 Å².